The molecule has 0 spiro atoms. The van der Waals surface area contributed by atoms with Crippen molar-refractivity contribution in [3.63, 3.8) is 0 Å². The highest BCUT2D eigenvalue weighted by molar-refractivity contribution is 5.06. The Bertz CT molecular complexity index is 170. The second kappa shape index (κ2) is 2.82. The molecule has 1 N–H and O–H groups in total. The molecular weight excluding hydrogens is 136 g/mol. The van der Waals surface area contributed by atoms with Crippen LogP contribution in [0.4, 0.5) is 8.78 Å². The van der Waals surface area contributed by atoms with E-state index in [1.807, 2.05) is 0 Å². The van der Waals surface area contributed by atoms with Crippen LogP contribution >= 0.6 is 0 Å². The molecule has 0 aromatic heterocycles. The molecule has 1 atom stereocenters. The molecule has 1 rings (SSSR count). The average Bonchev–Trinajstić information content (AvgIpc) is 2.13. The maximum absolute atomic E-state index is 11.6. The zero-order valence-corrected chi connectivity index (χ0v) is 5.53. The van der Waals surface area contributed by atoms with Gasteiger partial charge in [0.15, 0.2) is 0 Å². The van der Waals surface area contributed by atoms with Crippen LogP contribution in [0.15, 0.2) is 24.4 Å². The Labute approximate surface area is 58.4 Å². The number of halogens is 2. The second-order valence-corrected chi connectivity index (χ2v) is 2.40. The summed E-state index contributed by atoms with van der Waals surface area (Å²) in [6.45, 7) is 4.22. The molecule has 1 saturated heterocycles. The van der Waals surface area contributed by atoms with Crippen LogP contribution in [0.25, 0.3) is 0 Å². The third-order valence-corrected chi connectivity index (χ3v) is 1.48. The molecule has 10 heavy (non-hydrogen) atoms. The third-order valence-electron chi connectivity index (χ3n) is 1.48. The monoisotopic (exact) mass is 145 g/mol. The Morgan fingerprint density at radius 2 is 2.40 bits per heavy atom. The number of rotatable bonds is 1. The topological polar surface area (TPSA) is 12.0 Å². The van der Waals surface area contributed by atoms with Crippen LogP contribution in [-0.4, -0.2) is 6.54 Å². The van der Waals surface area contributed by atoms with Gasteiger partial charge in [-0.25, -0.2) is 0 Å². The van der Waals surface area contributed by atoms with Crippen LogP contribution in [-0.2, 0) is 0 Å². The minimum absolute atomic E-state index is 0.0579. The van der Waals surface area contributed by atoms with Crippen LogP contribution in [0, 0.1) is 5.92 Å². The van der Waals surface area contributed by atoms with E-state index in [0.717, 1.165) is 11.8 Å². The first-order valence-corrected chi connectivity index (χ1v) is 3.13. The van der Waals surface area contributed by atoms with E-state index in [9.17, 15) is 8.78 Å². The summed E-state index contributed by atoms with van der Waals surface area (Å²) in [5.41, 5.74) is 0.850. The highest BCUT2D eigenvalue weighted by Gasteiger charge is 2.15. The van der Waals surface area contributed by atoms with Crippen molar-refractivity contribution >= 4 is 0 Å². The lowest BCUT2D eigenvalue weighted by molar-refractivity contribution is 0.410. The first-order chi connectivity index (χ1) is 4.68. The van der Waals surface area contributed by atoms with E-state index in [2.05, 4.69) is 11.9 Å². The average molecular weight is 145 g/mol. The Morgan fingerprint density at radius 3 is 2.80 bits per heavy atom. The van der Waals surface area contributed by atoms with E-state index in [-0.39, 0.29) is 5.92 Å². The standard InChI is InChI=1S/C7H9F2N/c1-5-2-6(4-10-5)3-7(8)9/h3,6,10H,1-2,4H2/t6-/m0/s1. The molecule has 0 aliphatic carbocycles. The van der Waals surface area contributed by atoms with Gasteiger partial charge in [0.25, 0.3) is 6.08 Å². The Hall–Kier alpha value is -0.860. The van der Waals surface area contributed by atoms with E-state index >= 15 is 0 Å². The fourth-order valence-corrected chi connectivity index (χ4v) is 1.03. The summed E-state index contributed by atoms with van der Waals surface area (Å²) >= 11 is 0. The van der Waals surface area contributed by atoms with Crippen LogP contribution in [0.5, 0.6) is 0 Å². The molecule has 0 radical (unpaired) electrons. The van der Waals surface area contributed by atoms with Gasteiger partial charge in [-0.3, -0.25) is 0 Å². The van der Waals surface area contributed by atoms with Gasteiger partial charge in [-0.1, -0.05) is 6.58 Å². The van der Waals surface area contributed by atoms with Gasteiger partial charge in [-0.05, 0) is 12.5 Å². The zero-order chi connectivity index (χ0) is 7.56. The van der Waals surface area contributed by atoms with Crippen molar-refractivity contribution in [1.29, 1.82) is 0 Å². The quantitative estimate of drug-likeness (QED) is 0.594. The van der Waals surface area contributed by atoms with Crippen molar-refractivity contribution in [2.45, 2.75) is 6.42 Å². The fourth-order valence-electron chi connectivity index (χ4n) is 1.03. The first kappa shape index (κ1) is 7.25. The summed E-state index contributed by atoms with van der Waals surface area (Å²) in [6, 6.07) is 0. The van der Waals surface area contributed by atoms with E-state index in [1.54, 1.807) is 0 Å². The molecule has 0 saturated carbocycles. The maximum Gasteiger partial charge on any atom is 0.266 e. The predicted molar refractivity (Wildman–Crippen MR) is 35.5 cm³/mol. The molecule has 0 aromatic carbocycles. The highest BCUT2D eigenvalue weighted by atomic mass is 19.3. The van der Waals surface area contributed by atoms with Crippen LogP contribution in [0.1, 0.15) is 6.42 Å². The van der Waals surface area contributed by atoms with E-state index in [4.69, 9.17) is 0 Å². The van der Waals surface area contributed by atoms with Gasteiger partial charge in [-0.15, -0.1) is 0 Å². The van der Waals surface area contributed by atoms with Crippen LogP contribution in [0.2, 0.25) is 0 Å². The lowest BCUT2D eigenvalue weighted by Crippen LogP contribution is -2.05. The number of nitrogens with one attached hydrogen (secondary N) is 1. The number of allylic oxidation sites excluding steroid dienone is 1. The molecule has 0 bridgehead atoms. The van der Waals surface area contributed by atoms with Crippen LogP contribution < -0.4 is 5.32 Å². The maximum atomic E-state index is 11.6. The number of hydrogen-bond donors (Lipinski definition) is 1. The highest BCUT2D eigenvalue weighted by Crippen LogP contribution is 2.18. The fraction of sp³-hybridized carbons (Fsp3) is 0.429. The van der Waals surface area contributed by atoms with Crippen molar-refractivity contribution in [3.8, 4) is 0 Å². The number of hydrogen-bond acceptors (Lipinski definition) is 1. The Balaban J connectivity index is 2.46. The van der Waals surface area contributed by atoms with Gasteiger partial charge in [0.05, 0.1) is 0 Å². The van der Waals surface area contributed by atoms with E-state index in [0.29, 0.717) is 13.0 Å². The molecule has 0 unspecified atom stereocenters. The molecule has 1 heterocycles. The summed E-state index contributed by atoms with van der Waals surface area (Å²) in [7, 11) is 0. The Kier molecular flexibility index (Phi) is 2.04. The van der Waals surface area contributed by atoms with Gasteiger partial charge < -0.3 is 5.32 Å². The molecule has 0 aromatic rings. The molecule has 1 aliphatic rings. The zero-order valence-electron chi connectivity index (χ0n) is 5.53. The summed E-state index contributed by atoms with van der Waals surface area (Å²) in [5.74, 6) is -0.0579. The minimum atomic E-state index is -1.60. The van der Waals surface area contributed by atoms with Gasteiger partial charge in [0, 0.05) is 18.2 Å². The smallest absolute Gasteiger partial charge is 0.266 e. The normalized spacial score (nSPS) is 24.2. The summed E-state index contributed by atoms with van der Waals surface area (Å²) in [4.78, 5) is 0. The molecule has 1 aliphatic heterocycles. The van der Waals surface area contributed by atoms with Crippen molar-refractivity contribution in [2.24, 2.45) is 5.92 Å². The largest absolute Gasteiger partial charge is 0.388 e. The predicted octanol–water partition coefficient (Wildman–Crippen LogP) is 1.89. The second-order valence-electron chi connectivity index (χ2n) is 2.40. The van der Waals surface area contributed by atoms with Crippen LogP contribution in [0.3, 0.4) is 0 Å². The van der Waals surface area contributed by atoms with Gasteiger partial charge >= 0.3 is 0 Å². The summed E-state index contributed by atoms with van der Waals surface area (Å²) in [6.07, 6.45) is 0.0178. The summed E-state index contributed by atoms with van der Waals surface area (Å²) in [5, 5.41) is 2.90. The molecule has 3 heteroatoms. The molecule has 1 nitrogen and oxygen atoms in total. The molecule has 0 amide bonds. The molecular formula is C7H9F2N. The molecule has 1 fully saturated rings. The van der Waals surface area contributed by atoms with E-state index < -0.39 is 6.08 Å². The van der Waals surface area contributed by atoms with Gasteiger partial charge in [-0.2, -0.15) is 8.78 Å². The van der Waals surface area contributed by atoms with Crippen molar-refractivity contribution < 1.29 is 8.78 Å². The SMILES string of the molecule is C=C1C[C@@H](C=C(F)F)CN1. The lowest BCUT2D eigenvalue weighted by atomic mass is 10.1. The van der Waals surface area contributed by atoms with Gasteiger partial charge in [0.2, 0.25) is 0 Å². The van der Waals surface area contributed by atoms with Gasteiger partial charge in [0.1, 0.15) is 0 Å². The third kappa shape index (κ3) is 1.83. The van der Waals surface area contributed by atoms with Crippen molar-refractivity contribution in [2.75, 3.05) is 6.54 Å². The van der Waals surface area contributed by atoms with Crippen molar-refractivity contribution in [3.05, 3.63) is 24.4 Å². The molecule has 56 valence electrons. The minimum Gasteiger partial charge on any atom is -0.388 e. The van der Waals surface area contributed by atoms with E-state index in [1.165, 1.54) is 0 Å². The first-order valence-electron chi connectivity index (χ1n) is 3.13. The Morgan fingerprint density at radius 1 is 1.70 bits per heavy atom. The van der Waals surface area contributed by atoms with Crippen molar-refractivity contribution in [1.82, 2.24) is 5.32 Å². The summed E-state index contributed by atoms with van der Waals surface area (Å²) < 4.78 is 23.2. The lowest BCUT2D eigenvalue weighted by Gasteiger charge is -1.95.